The number of anilines is 2. The lowest BCUT2D eigenvalue weighted by molar-refractivity contribution is -0.0192. The van der Waals surface area contributed by atoms with E-state index in [2.05, 4.69) is 15.6 Å². The second-order valence-corrected chi connectivity index (χ2v) is 9.75. The van der Waals surface area contributed by atoms with Crippen molar-refractivity contribution < 1.29 is 19.4 Å². The molecule has 1 aromatic heterocycles. The first-order valence-corrected chi connectivity index (χ1v) is 12.8. The topological polar surface area (TPSA) is 120 Å². The van der Waals surface area contributed by atoms with Gasteiger partial charge in [0.05, 0.1) is 31.0 Å². The molecule has 4 N–H and O–H groups in total. The summed E-state index contributed by atoms with van der Waals surface area (Å²) in [7, 11) is 3.23. The predicted molar refractivity (Wildman–Crippen MR) is 148 cm³/mol. The molecule has 1 saturated carbocycles. The van der Waals surface area contributed by atoms with E-state index in [-0.39, 0.29) is 24.2 Å². The molecule has 1 saturated heterocycles. The van der Waals surface area contributed by atoms with Crippen molar-refractivity contribution in [2.24, 2.45) is 0 Å². The zero-order chi connectivity index (χ0) is 26.6. The second-order valence-electron chi connectivity index (χ2n) is 9.75. The summed E-state index contributed by atoms with van der Waals surface area (Å²) in [6.07, 6.45) is 7.41. The smallest absolute Gasteiger partial charge is 0.254 e. The van der Waals surface area contributed by atoms with Crippen molar-refractivity contribution in [2.45, 2.75) is 37.5 Å². The fourth-order valence-electron chi connectivity index (χ4n) is 4.93. The average molecular weight is 516 g/mol. The maximum atomic E-state index is 12.8. The summed E-state index contributed by atoms with van der Waals surface area (Å²) in [5.74, 6) is 1.13. The first-order valence-electron chi connectivity index (χ1n) is 12.8. The fraction of sp³-hybridized carbons (Fsp3) is 0.345. The number of ether oxygens (including phenoxy) is 2. The van der Waals surface area contributed by atoms with Crippen molar-refractivity contribution in [3.63, 3.8) is 0 Å². The van der Waals surface area contributed by atoms with Crippen molar-refractivity contribution in [1.82, 2.24) is 15.2 Å². The zero-order valence-corrected chi connectivity index (χ0v) is 21.6. The Morgan fingerprint density at radius 2 is 1.92 bits per heavy atom. The number of aliphatic hydroxyl groups is 1. The van der Waals surface area contributed by atoms with Crippen LogP contribution in [0.15, 0.2) is 54.9 Å². The van der Waals surface area contributed by atoms with Crippen LogP contribution < -0.4 is 15.4 Å². The van der Waals surface area contributed by atoms with Crippen molar-refractivity contribution in [2.75, 3.05) is 32.6 Å². The standard InChI is InChI=1S/C29H33N5O4/c1-37-23-16-34(17-23)29(36)19-8-9-25(27(11-19)38-2)33-28-12-21-10-18(6-7-20(21)14-32-28)22(13-30)15-31-24-4-3-5-26(24)35/h6-15,23-24,26,30-31,35H,3-5,16-17H2,1-2H3,(H,32,33)/b22-15+,30-13?. The third kappa shape index (κ3) is 5.34. The number of hydrogen-bond acceptors (Lipinski definition) is 8. The number of nitrogens with one attached hydrogen (secondary N) is 3. The van der Waals surface area contributed by atoms with Crippen molar-refractivity contribution in [3.8, 4) is 5.75 Å². The Hall–Kier alpha value is -3.95. The Balaban J connectivity index is 1.34. The van der Waals surface area contributed by atoms with Gasteiger partial charge in [0.25, 0.3) is 5.91 Å². The Labute approximate surface area is 222 Å². The van der Waals surface area contributed by atoms with Crippen LogP contribution in [0, 0.1) is 5.41 Å². The number of likely N-dealkylation sites (tertiary alicyclic amines) is 1. The molecule has 0 radical (unpaired) electrons. The molecule has 1 amide bonds. The number of rotatable bonds is 9. The second kappa shape index (κ2) is 11.2. The van der Waals surface area contributed by atoms with E-state index in [1.54, 1.807) is 37.4 Å². The van der Waals surface area contributed by atoms with E-state index in [0.717, 1.165) is 41.2 Å². The Bertz CT molecular complexity index is 1370. The van der Waals surface area contributed by atoms with Gasteiger partial charge in [-0.05, 0) is 60.5 Å². The largest absolute Gasteiger partial charge is 0.495 e. The number of carbonyl (C=O) groups excluding carboxylic acids is 1. The highest BCUT2D eigenvalue weighted by Gasteiger charge is 2.31. The van der Waals surface area contributed by atoms with Crippen LogP contribution in [0.4, 0.5) is 11.5 Å². The van der Waals surface area contributed by atoms with E-state index in [1.165, 1.54) is 6.21 Å². The number of fused-ring (bicyclic) bond motifs is 1. The Kier molecular flexibility index (Phi) is 7.57. The highest BCUT2D eigenvalue weighted by molar-refractivity contribution is 6.09. The molecule has 2 aromatic carbocycles. The molecule has 5 rings (SSSR count). The lowest BCUT2D eigenvalue weighted by atomic mass is 10.0. The maximum absolute atomic E-state index is 12.8. The summed E-state index contributed by atoms with van der Waals surface area (Å²) in [4.78, 5) is 19.1. The molecule has 1 aliphatic carbocycles. The normalized spacial score (nSPS) is 19.8. The lowest BCUT2D eigenvalue weighted by Crippen LogP contribution is -2.54. The van der Waals surface area contributed by atoms with Crippen LogP contribution >= 0.6 is 0 Å². The van der Waals surface area contributed by atoms with Crippen molar-refractivity contribution in [3.05, 3.63) is 66.0 Å². The molecular weight excluding hydrogens is 482 g/mol. The number of aromatic nitrogens is 1. The minimum absolute atomic E-state index is 0.0234. The molecule has 9 heteroatoms. The van der Waals surface area contributed by atoms with E-state index in [0.29, 0.717) is 35.9 Å². The number of pyridine rings is 1. The van der Waals surface area contributed by atoms with Gasteiger partial charge in [0, 0.05) is 55.3 Å². The molecule has 2 fully saturated rings. The number of carbonyl (C=O) groups is 1. The maximum Gasteiger partial charge on any atom is 0.254 e. The van der Waals surface area contributed by atoms with Gasteiger partial charge < -0.3 is 35.5 Å². The quantitative estimate of drug-likeness (QED) is 0.319. The van der Waals surface area contributed by atoms with E-state index >= 15 is 0 Å². The van der Waals surface area contributed by atoms with Crippen LogP contribution in [0.25, 0.3) is 16.3 Å². The number of hydrogen-bond donors (Lipinski definition) is 4. The minimum Gasteiger partial charge on any atom is -0.495 e. The summed E-state index contributed by atoms with van der Waals surface area (Å²) in [5, 5.41) is 26.5. The molecule has 2 unspecified atom stereocenters. The van der Waals surface area contributed by atoms with Crippen LogP contribution in [0.3, 0.4) is 0 Å². The molecule has 2 aliphatic rings. The number of amides is 1. The molecular formula is C29H33N5O4. The third-order valence-electron chi connectivity index (χ3n) is 7.32. The Morgan fingerprint density at radius 3 is 2.63 bits per heavy atom. The third-order valence-corrected chi connectivity index (χ3v) is 7.32. The number of nitrogens with zero attached hydrogens (tertiary/aromatic N) is 2. The number of benzene rings is 2. The van der Waals surface area contributed by atoms with Crippen LogP contribution in [0.5, 0.6) is 5.75 Å². The van der Waals surface area contributed by atoms with Gasteiger partial charge in [-0.25, -0.2) is 4.98 Å². The van der Waals surface area contributed by atoms with E-state index in [4.69, 9.17) is 14.9 Å². The van der Waals surface area contributed by atoms with Crippen molar-refractivity contribution >= 4 is 40.0 Å². The number of methoxy groups -OCH3 is 2. The molecule has 2 heterocycles. The average Bonchev–Trinajstić information content (AvgIpc) is 3.32. The molecule has 9 nitrogen and oxygen atoms in total. The summed E-state index contributed by atoms with van der Waals surface area (Å²) in [5.41, 5.74) is 2.89. The fourth-order valence-corrected chi connectivity index (χ4v) is 4.93. The molecule has 198 valence electrons. The molecule has 0 spiro atoms. The van der Waals surface area contributed by atoms with Crippen molar-refractivity contribution in [1.29, 1.82) is 5.41 Å². The lowest BCUT2D eigenvalue weighted by Gasteiger charge is -2.38. The van der Waals surface area contributed by atoms with Gasteiger partial charge in [-0.3, -0.25) is 4.79 Å². The molecule has 38 heavy (non-hydrogen) atoms. The zero-order valence-electron chi connectivity index (χ0n) is 21.6. The highest BCUT2D eigenvalue weighted by Crippen LogP contribution is 2.31. The summed E-state index contributed by atoms with van der Waals surface area (Å²) >= 11 is 0. The van der Waals surface area contributed by atoms with Crippen LogP contribution in [-0.4, -0.2) is 72.7 Å². The van der Waals surface area contributed by atoms with Crippen LogP contribution in [0.1, 0.15) is 35.2 Å². The van der Waals surface area contributed by atoms with E-state index in [1.807, 2.05) is 36.5 Å². The Morgan fingerprint density at radius 1 is 1.11 bits per heavy atom. The van der Waals surface area contributed by atoms with E-state index in [9.17, 15) is 9.90 Å². The van der Waals surface area contributed by atoms with Gasteiger partial charge in [-0.2, -0.15) is 0 Å². The number of aliphatic hydroxyl groups excluding tert-OH is 1. The van der Waals surface area contributed by atoms with E-state index < -0.39 is 0 Å². The molecule has 1 aliphatic heterocycles. The predicted octanol–water partition coefficient (Wildman–Crippen LogP) is 3.95. The minimum atomic E-state index is -0.350. The van der Waals surface area contributed by atoms with Crippen LogP contribution in [-0.2, 0) is 4.74 Å². The highest BCUT2D eigenvalue weighted by atomic mass is 16.5. The van der Waals surface area contributed by atoms with Gasteiger partial charge in [-0.15, -0.1) is 0 Å². The first kappa shape index (κ1) is 25.7. The molecule has 2 atom stereocenters. The molecule has 3 aromatic rings. The monoisotopic (exact) mass is 515 g/mol. The van der Waals surface area contributed by atoms with Gasteiger partial charge in [0.15, 0.2) is 0 Å². The van der Waals surface area contributed by atoms with Gasteiger partial charge in [0.2, 0.25) is 0 Å². The number of allylic oxidation sites excluding steroid dienone is 1. The SMILES string of the molecule is COc1cc(C(=O)N2CC(OC)C2)ccc1Nc1cc2cc(/C(C=N)=C/NC3CCCC3O)ccc2cn1. The summed E-state index contributed by atoms with van der Waals surface area (Å²) < 4.78 is 10.8. The summed E-state index contributed by atoms with van der Waals surface area (Å²) in [6, 6.07) is 13.3. The van der Waals surface area contributed by atoms with Crippen LogP contribution in [0.2, 0.25) is 0 Å². The summed E-state index contributed by atoms with van der Waals surface area (Å²) in [6.45, 7) is 1.18. The molecule has 0 bridgehead atoms. The van der Waals surface area contributed by atoms with Gasteiger partial charge in [0.1, 0.15) is 11.6 Å². The first-order chi connectivity index (χ1) is 18.5. The van der Waals surface area contributed by atoms with Gasteiger partial charge in [-0.1, -0.05) is 12.1 Å². The van der Waals surface area contributed by atoms with Gasteiger partial charge >= 0.3 is 0 Å².